The van der Waals surface area contributed by atoms with Crippen molar-refractivity contribution in [2.45, 2.75) is 13.1 Å². The summed E-state index contributed by atoms with van der Waals surface area (Å²) in [6, 6.07) is 30.0. The van der Waals surface area contributed by atoms with Gasteiger partial charge in [-0.3, -0.25) is 4.57 Å². The summed E-state index contributed by atoms with van der Waals surface area (Å²) in [5, 5.41) is 3.30. The summed E-state index contributed by atoms with van der Waals surface area (Å²) >= 11 is 0. The van der Waals surface area contributed by atoms with Gasteiger partial charge in [0.15, 0.2) is 0 Å². The van der Waals surface area contributed by atoms with Crippen LogP contribution in [0.25, 0.3) is 0 Å². The summed E-state index contributed by atoms with van der Waals surface area (Å²) < 4.78 is 18.0. The maximum atomic E-state index is 14.1. The van der Waals surface area contributed by atoms with Gasteiger partial charge in [-0.05, 0) is 37.4 Å². The summed E-state index contributed by atoms with van der Waals surface area (Å²) in [5.41, 5.74) is 3.10. The second-order valence-electron chi connectivity index (χ2n) is 6.62. The van der Waals surface area contributed by atoms with Gasteiger partial charge in [0, 0.05) is 18.8 Å². The maximum Gasteiger partial charge on any atom is 0.308 e. The van der Waals surface area contributed by atoms with Crippen LogP contribution < -0.4 is 5.09 Å². The Morgan fingerprint density at radius 3 is 1.44 bits per heavy atom. The van der Waals surface area contributed by atoms with Gasteiger partial charge < -0.3 is 5.09 Å². The molecule has 0 bridgehead atoms. The average Bonchev–Trinajstić information content (AvgIpc) is 2.70. The van der Waals surface area contributed by atoms with Gasteiger partial charge >= 0.3 is 7.59 Å². The van der Waals surface area contributed by atoms with Crippen molar-refractivity contribution in [1.29, 1.82) is 0 Å². The molecular formula is C22H26N3OP. The van der Waals surface area contributed by atoms with Crippen LogP contribution in [0.4, 0.5) is 5.69 Å². The van der Waals surface area contributed by atoms with Gasteiger partial charge in [0.05, 0.1) is 0 Å². The van der Waals surface area contributed by atoms with Crippen molar-refractivity contribution >= 4 is 13.3 Å². The number of nitrogens with one attached hydrogen (secondary N) is 1. The molecule has 0 amide bonds. The highest BCUT2D eigenvalue weighted by Crippen LogP contribution is 2.52. The summed E-state index contributed by atoms with van der Waals surface area (Å²) in [6.45, 7) is 1.19. The lowest BCUT2D eigenvalue weighted by atomic mass is 10.2. The molecule has 0 aliphatic rings. The van der Waals surface area contributed by atoms with E-state index in [1.807, 2.05) is 90.2 Å². The van der Waals surface area contributed by atoms with Gasteiger partial charge in [-0.2, -0.15) is 0 Å². The molecule has 0 atom stereocenters. The molecule has 0 spiro atoms. The molecule has 27 heavy (non-hydrogen) atoms. The molecule has 1 N–H and O–H groups in total. The van der Waals surface area contributed by atoms with Gasteiger partial charge in [-0.15, -0.1) is 0 Å². The molecule has 3 aromatic carbocycles. The third-order valence-electron chi connectivity index (χ3n) is 4.48. The number of para-hydroxylation sites is 1. The normalized spacial score (nSPS) is 11.7. The van der Waals surface area contributed by atoms with E-state index in [-0.39, 0.29) is 0 Å². The number of hydrogen-bond donors (Lipinski definition) is 1. The van der Waals surface area contributed by atoms with Gasteiger partial charge in [0.1, 0.15) is 0 Å². The van der Waals surface area contributed by atoms with E-state index < -0.39 is 7.59 Å². The van der Waals surface area contributed by atoms with Crippen molar-refractivity contribution in [3.63, 3.8) is 0 Å². The fraction of sp³-hybridized carbons (Fsp3) is 0.182. The lowest BCUT2D eigenvalue weighted by Gasteiger charge is -2.36. The molecular weight excluding hydrogens is 353 g/mol. The topological polar surface area (TPSA) is 35.6 Å². The van der Waals surface area contributed by atoms with Crippen LogP contribution in [-0.2, 0) is 17.7 Å². The highest BCUT2D eigenvalue weighted by molar-refractivity contribution is 7.60. The molecule has 5 heteroatoms. The summed E-state index contributed by atoms with van der Waals surface area (Å²) in [6.07, 6.45) is 0. The van der Waals surface area contributed by atoms with E-state index in [0.717, 1.165) is 16.8 Å². The molecule has 3 aromatic rings. The standard InChI is InChI=1S/C22H26N3OP/c1-24(18-20-12-6-3-7-13-20)27(26,23-22-16-10-5-11-17-22)25(2)19-21-14-8-4-9-15-21/h3-17H,18-19H2,1-2H3,(H,23,26). The third-order valence-corrected chi connectivity index (χ3v) is 7.17. The molecule has 140 valence electrons. The van der Waals surface area contributed by atoms with Gasteiger partial charge in [0.25, 0.3) is 0 Å². The zero-order valence-corrected chi connectivity index (χ0v) is 16.7. The van der Waals surface area contributed by atoms with E-state index in [9.17, 15) is 4.57 Å². The number of rotatable bonds is 8. The van der Waals surface area contributed by atoms with Crippen molar-refractivity contribution in [2.24, 2.45) is 0 Å². The molecule has 4 nitrogen and oxygen atoms in total. The molecule has 0 unspecified atom stereocenters. The molecule has 0 heterocycles. The Balaban J connectivity index is 1.86. The first-order chi connectivity index (χ1) is 13.1. The van der Waals surface area contributed by atoms with E-state index in [2.05, 4.69) is 29.4 Å². The van der Waals surface area contributed by atoms with Crippen molar-refractivity contribution in [3.8, 4) is 0 Å². The number of anilines is 1. The Labute approximate surface area is 162 Å². The predicted molar refractivity (Wildman–Crippen MR) is 113 cm³/mol. The molecule has 0 aliphatic heterocycles. The second kappa shape index (κ2) is 9.01. The van der Waals surface area contributed by atoms with E-state index >= 15 is 0 Å². The minimum Gasteiger partial charge on any atom is -0.313 e. The second-order valence-corrected chi connectivity index (χ2v) is 9.30. The predicted octanol–water partition coefficient (Wildman–Crippen LogP) is 5.47. The fourth-order valence-corrected chi connectivity index (χ4v) is 5.06. The number of nitrogens with zero attached hydrogens (tertiary/aromatic N) is 2. The Kier molecular flexibility index (Phi) is 6.46. The summed E-state index contributed by atoms with van der Waals surface area (Å²) in [7, 11) is 0.778. The molecule has 3 rings (SSSR count). The minimum absolute atomic E-state index is 0.594. The zero-order valence-electron chi connectivity index (χ0n) is 15.8. The first kappa shape index (κ1) is 19.4. The molecule has 0 aromatic heterocycles. The SMILES string of the molecule is CN(Cc1ccccc1)P(=O)(Nc1ccccc1)N(C)Cc1ccccc1. The Morgan fingerprint density at radius 2 is 1.04 bits per heavy atom. The average molecular weight is 379 g/mol. The smallest absolute Gasteiger partial charge is 0.308 e. The zero-order chi connectivity index (χ0) is 19.1. The highest BCUT2D eigenvalue weighted by Gasteiger charge is 2.33. The Bertz CT molecular complexity index is 820. The molecule has 0 saturated carbocycles. The first-order valence-corrected chi connectivity index (χ1v) is 10.6. The van der Waals surface area contributed by atoms with Crippen molar-refractivity contribution in [3.05, 3.63) is 102 Å². The lowest BCUT2D eigenvalue weighted by molar-refractivity contribution is 0.386. The van der Waals surface area contributed by atoms with E-state index in [1.165, 1.54) is 0 Å². The lowest BCUT2D eigenvalue weighted by Crippen LogP contribution is -2.30. The van der Waals surface area contributed by atoms with Crippen LogP contribution >= 0.6 is 7.59 Å². The summed E-state index contributed by atoms with van der Waals surface area (Å²) in [5.74, 6) is 0. The monoisotopic (exact) mass is 379 g/mol. The van der Waals surface area contributed by atoms with Crippen molar-refractivity contribution in [1.82, 2.24) is 9.34 Å². The van der Waals surface area contributed by atoms with Crippen LogP contribution in [-0.4, -0.2) is 23.4 Å². The molecule has 0 fully saturated rings. The Morgan fingerprint density at radius 1 is 0.667 bits per heavy atom. The number of benzene rings is 3. The largest absolute Gasteiger partial charge is 0.313 e. The van der Waals surface area contributed by atoms with Crippen LogP contribution in [0.5, 0.6) is 0 Å². The maximum absolute atomic E-state index is 14.1. The van der Waals surface area contributed by atoms with E-state index in [4.69, 9.17) is 0 Å². The molecule has 0 saturated heterocycles. The number of hydrogen-bond acceptors (Lipinski definition) is 1. The molecule has 0 aliphatic carbocycles. The van der Waals surface area contributed by atoms with Crippen LogP contribution in [0.1, 0.15) is 11.1 Å². The van der Waals surface area contributed by atoms with Crippen molar-refractivity contribution < 1.29 is 4.57 Å². The van der Waals surface area contributed by atoms with Crippen LogP contribution in [0, 0.1) is 0 Å². The Hall–Kier alpha value is -2.39. The summed E-state index contributed by atoms with van der Waals surface area (Å²) in [4.78, 5) is 0. The first-order valence-electron chi connectivity index (χ1n) is 9.02. The van der Waals surface area contributed by atoms with E-state index in [1.54, 1.807) is 0 Å². The van der Waals surface area contributed by atoms with Crippen LogP contribution in [0.2, 0.25) is 0 Å². The van der Waals surface area contributed by atoms with E-state index in [0.29, 0.717) is 13.1 Å². The quantitative estimate of drug-likeness (QED) is 0.527. The fourth-order valence-electron chi connectivity index (χ4n) is 3.00. The highest BCUT2D eigenvalue weighted by atomic mass is 31.2. The molecule has 0 radical (unpaired) electrons. The van der Waals surface area contributed by atoms with Gasteiger partial charge in [-0.1, -0.05) is 78.9 Å². The van der Waals surface area contributed by atoms with Crippen molar-refractivity contribution in [2.75, 3.05) is 19.2 Å². The minimum atomic E-state index is -3.04. The van der Waals surface area contributed by atoms with Crippen LogP contribution in [0.3, 0.4) is 0 Å². The third kappa shape index (κ3) is 5.08. The van der Waals surface area contributed by atoms with Crippen LogP contribution in [0.15, 0.2) is 91.0 Å². The van der Waals surface area contributed by atoms with Gasteiger partial charge in [-0.25, -0.2) is 9.34 Å². The van der Waals surface area contributed by atoms with Gasteiger partial charge in [0.2, 0.25) is 0 Å².